The summed E-state index contributed by atoms with van der Waals surface area (Å²) in [7, 11) is 4.01. The highest BCUT2D eigenvalue weighted by atomic mass is 32.1. The number of amides is 1. The monoisotopic (exact) mass is 447 g/mol. The highest BCUT2D eigenvalue weighted by Gasteiger charge is 2.21. The number of halogens is 1. The third kappa shape index (κ3) is 5.21. The summed E-state index contributed by atoms with van der Waals surface area (Å²) in [6.45, 7) is 1.40. The summed E-state index contributed by atoms with van der Waals surface area (Å²) in [6.07, 6.45) is 1.08. The second-order valence-corrected chi connectivity index (χ2v) is 9.03. The zero-order valence-corrected chi connectivity index (χ0v) is 19.1. The van der Waals surface area contributed by atoms with Crippen molar-refractivity contribution in [3.05, 3.63) is 84.2 Å². The van der Waals surface area contributed by atoms with Gasteiger partial charge in [-0.05, 0) is 55.9 Å². The van der Waals surface area contributed by atoms with Crippen LogP contribution in [0.5, 0.6) is 0 Å². The van der Waals surface area contributed by atoms with Crippen LogP contribution in [0.25, 0.3) is 21.3 Å². The molecule has 0 aliphatic carbocycles. The molecule has 4 aromatic rings. The lowest BCUT2D eigenvalue weighted by molar-refractivity contribution is -0.118. The first kappa shape index (κ1) is 22.1. The molecule has 0 aliphatic heterocycles. The molecule has 0 saturated carbocycles. The Hall–Kier alpha value is -3.09. The van der Waals surface area contributed by atoms with Crippen molar-refractivity contribution in [1.82, 2.24) is 9.88 Å². The minimum absolute atomic E-state index is 0.0318. The predicted molar refractivity (Wildman–Crippen MR) is 131 cm³/mol. The SMILES string of the molecule is CN(C)CCCN(C(=O)Cc1ccc(-c2ccccc2)cc1)c1nc2c(F)cccc2s1. The van der Waals surface area contributed by atoms with E-state index >= 15 is 0 Å². The van der Waals surface area contributed by atoms with Gasteiger partial charge in [-0.25, -0.2) is 9.37 Å². The highest BCUT2D eigenvalue weighted by molar-refractivity contribution is 7.22. The number of benzene rings is 3. The summed E-state index contributed by atoms with van der Waals surface area (Å²) in [5.74, 6) is -0.391. The molecular formula is C26H26FN3OS. The number of thiazole rings is 1. The van der Waals surface area contributed by atoms with Crippen molar-refractivity contribution in [2.75, 3.05) is 32.1 Å². The molecule has 0 atom stereocenters. The van der Waals surface area contributed by atoms with Gasteiger partial charge in [-0.15, -0.1) is 0 Å². The number of carbonyl (C=O) groups excluding carboxylic acids is 1. The number of anilines is 1. The van der Waals surface area contributed by atoms with Crippen LogP contribution in [-0.2, 0) is 11.2 Å². The number of aromatic nitrogens is 1. The Morgan fingerprint density at radius 3 is 2.31 bits per heavy atom. The number of hydrogen-bond donors (Lipinski definition) is 0. The molecule has 1 aromatic heterocycles. The molecule has 0 saturated heterocycles. The molecule has 3 aromatic carbocycles. The maximum atomic E-state index is 14.2. The molecule has 32 heavy (non-hydrogen) atoms. The lowest BCUT2D eigenvalue weighted by Gasteiger charge is -2.21. The summed E-state index contributed by atoms with van der Waals surface area (Å²) in [4.78, 5) is 21.5. The fraction of sp³-hybridized carbons (Fsp3) is 0.231. The molecule has 0 unspecified atom stereocenters. The molecule has 0 radical (unpaired) electrons. The molecule has 0 N–H and O–H groups in total. The first-order chi connectivity index (χ1) is 15.5. The van der Waals surface area contributed by atoms with Gasteiger partial charge in [-0.3, -0.25) is 9.69 Å². The first-order valence-electron chi connectivity index (χ1n) is 10.7. The minimum Gasteiger partial charge on any atom is -0.309 e. The summed E-state index contributed by atoms with van der Waals surface area (Å²) < 4.78 is 14.9. The summed E-state index contributed by atoms with van der Waals surface area (Å²) in [5.41, 5.74) is 3.53. The van der Waals surface area contributed by atoms with Gasteiger partial charge in [0.1, 0.15) is 11.3 Å². The van der Waals surface area contributed by atoms with Gasteiger partial charge in [-0.2, -0.15) is 0 Å². The van der Waals surface area contributed by atoms with E-state index < -0.39 is 0 Å². The number of rotatable bonds is 8. The van der Waals surface area contributed by atoms with Crippen LogP contribution in [-0.4, -0.2) is 43.0 Å². The molecule has 1 heterocycles. The molecular weight excluding hydrogens is 421 g/mol. The zero-order valence-electron chi connectivity index (χ0n) is 18.3. The van der Waals surface area contributed by atoms with Gasteiger partial charge in [0.15, 0.2) is 5.13 Å². The second kappa shape index (κ2) is 10.0. The third-order valence-corrected chi connectivity index (χ3v) is 6.34. The molecule has 6 heteroatoms. The van der Waals surface area contributed by atoms with Crippen LogP contribution in [0.3, 0.4) is 0 Å². The quantitative estimate of drug-likeness (QED) is 0.351. The smallest absolute Gasteiger partial charge is 0.233 e. The van der Waals surface area contributed by atoms with E-state index in [0.717, 1.165) is 34.4 Å². The van der Waals surface area contributed by atoms with Crippen LogP contribution in [0.1, 0.15) is 12.0 Å². The van der Waals surface area contributed by atoms with E-state index in [1.54, 1.807) is 11.0 Å². The van der Waals surface area contributed by atoms with E-state index in [1.165, 1.54) is 17.4 Å². The van der Waals surface area contributed by atoms with Gasteiger partial charge < -0.3 is 4.90 Å². The zero-order chi connectivity index (χ0) is 22.5. The minimum atomic E-state index is -0.359. The fourth-order valence-electron chi connectivity index (χ4n) is 3.61. The first-order valence-corrected chi connectivity index (χ1v) is 11.5. The molecule has 0 fully saturated rings. The van der Waals surface area contributed by atoms with E-state index in [4.69, 9.17) is 0 Å². The predicted octanol–water partition coefficient (Wildman–Crippen LogP) is 5.63. The van der Waals surface area contributed by atoms with Gasteiger partial charge >= 0.3 is 0 Å². The van der Waals surface area contributed by atoms with Crippen molar-refractivity contribution >= 4 is 32.6 Å². The Kier molecular flexibility index (Phi) is 6.93. The maximum Gasteiger partial charge on any atom is 0.233 e. The van der Waals surface area contributed by atoms with Crippen LogP contribution in [0, 0.1) is 5.82 Å². The largest absolute Gasteiger partial charge is 0.309 e. The number of carbonyl (C=O) groups is 1. The normalized spacial score (nSPS) is 11.2. The van der Waals surface area contributed by atoms with E-state index in [9.17, 15) is 9.18 Å². The van der Waals surface area contributed by atoms with Crippen LogP contribution in [0.15, 0.2) is 72.8 Å². The second-order valence-electron chi connectivity index (χ2n) is 8.02. The standard InChI is InChI=1S/C26H26FN3OS/c1-29(2)16-7-17-30(26-28-25-22(27)10-6-11-23(25)32-26)24(31)18-19-12-14-21(15-13-19)20-8-4-3-5-9-20/h3-6,8-15H,7,16-18H2,1-2H3. The third-order valence-electron chi connectivity index (χ3n) is 5.29. The number of hydrogen-bond acceptors (Lipinski definition) is 4. The van der Waals surface area contributed by atoms with Gasteiger partial charge in [-0.1, -0.05) is 72.0 Å². The fourth-order valence-corrected chi connectivity index (χ4v) is 4.63. The molecule has 0 bridgehead atoms. The Morgan fingerprint density at radius 1 is 0.906 bits per heavy atom. The van der Waals surface area contributed by atoms with E-state index in [0.29, 0.717) is 17.2 Å². The summed E-state index contributed by atoms with van der Waals surface area (Å²) in [6, 6.07) is 23.1. The molecule has 164 valence electrons. The van der Waals surface area contributed by atoms with Crippen molar-refractivity contribution in [3.63, 3.8) is 0 Å². The average molecular weight is 448 g/mol. The van der Waals surface area contributed by atoms with Crippen molar-refractivity contribution in [2.45, 2.75) is 12.8 Å². The van der Waals surface area contributed by atoms with Crippen LogP contribution in [0.4, 0.5) is 9.52 Å². The van der Waals surface area contributed by atoms with Crippen LogP contribution >= 0.6 is 11.3 Å². The van der Waals surface area contributed by atoms with Crippen molar-refractivity contribution < 1.29 is 9.18 Å². The van der Waals surface area contributed by atoms with Gasteiger partial charge in [0.25, 0.3) is 0 Å². The molecule has 1 amide bonds. The van der Waals surface area contributed by atoms with E-state index in [2.05, 4.69) is 22.0 Å². The Morgan fingerprint density at radius 2 is 1.62 bits per heavy atom. The van der Waals surface area contributed by atoms with Crippen molar-refractivity contribution in [2.24, 2.45) is 0 Å². The summed E-state index contributed by atoms with van der Waals surface area (Å²) >= 11 is 1.36. The highest BCUT2D eigenvalue weighted by Crippen LogP contribution is 2.31. The Bertz CT molecular complexity index is 1190. The van der Waals surface area contributed by atoms with Crippen LogP contribution < -0.4 is 4.90 Å². The number of nitrogens with zero attached hydrogens (tertiary/aromatic N) is 3. The number of fused-ring (bicyclic) bond motifs is 1. The number of para-hydroxylation sites is 1. The van der Waals surface area contributed by atoms with Gasteiger partial charge in [0.2, 0.25) is 5.91 Å². The lowest BCUT2D eigenvalue weighted by atomic mass is 10.0. The molecule has 4 rings (SSSR count). The Labute approximate surface area is 191 Å². The molecule has 4 nitrogen and oxygen atoms in total. The van der Waals surface area contributed by atoms with Gasteiger partial charge in [0, 0.05) is 6.54 Å². The maximum absolute atomic E-state index is 14.2. The van der Waals surface area contributed by atoms with Gasteiger partial charge in [0.05, 0.1) is 11.1 Å². The van der Waals surface area contributed by atoms with Crippen molar-refractivity contribution in [3.8, 4) is 11.1 Å². The topological polar surface area (TPSA) is 36.4 Å². The molecule has 0 aliphatic rings. The van der Waals surface area contributed by atoms with E-state index in [1.807, 2.05) is 62.6 Å². The van der Waals surface area contributed by atoms with Crippen LogP contribution in [0.2, 0.25) is 0 Å². The summed E-state index contributed by atoms with van der Waals surface area (Å²) in [5, 5.41) is 0.551. The van der Waals surface area contributed by atoms with E-state index in [-0.39, 0.29) is 18.1 Å². The average Bonchev–Trinajstić information content (AvgIpc) is 3.23. The van der Waals surface area contributed by atoms with Crippen molar-refractivity contribution in [1.29, 1.82) is 0 Å². The molecule has 0 spiro atoms. The lowest BCUT2D eigenvalue weighted by Crippen LogP contribution is -2.34. The Balaban J connectivity index is 1.54.